The number of hydrogen-bond acceptors (Lipinski definition) is 4. The molecule has 140 valence electrons. The van der Waals surface area contributed by atoms with Crippen LogP contribution < -0.4 is 10.1 Å². The molecule has 3 aromatic rings. The average molecular weight is 372 g/mol. The minimum Gasteiger partial charge on any atom is -0.489 e. The van der Waals surface area contributed by atoms with Crippen LogP contribution in [0, 0.1) is 18.3 Å². The van der Waals surface area contributed by atoms with Crippen molar-refractivity contribution in [1.82, 2.24) is 5.32 Å². The summed E-state index contributed by atoms with van der Waals surface area (Å²) in [5, 5.41) is 11.9. The van der Waals surface area contributed by atoms with Crippen molar-refractivity contribution in [3.8, 4) is 11.8 Å². The highest BCUT2D eigenvalue weighted by Gasteiger charge is 2.09. The van der Waals surface area contributed by atoms with Crippen LogP contribution in [-0.2, 0) is 17.9 Å². The standard InChI is InChI=1S/C23H20N2O3/c1-17-4-2-5-19(12-17)16-28-21-9-7-18(8-10-21)13-20(14-24)23(26)25-15-22-6-3-11-27-22/h2-13H,15-16H2,1H3,(H,25,26)/b20-13+. The third kappa shape index (κ3) is 5.36. The largest absolute Gasteiger partial charge is 0.489 e. The van der Waals surface area contributed by atoms with E-state index in [1.165, 1.54) is 11.8 Å². The van der Waals surface area contributed by atoms with Gasteiger partial charge in [0.2, 0.25) is 0 Å². The zero-order valence-corrected chi connectivity index (χ0v) is 15.5. The van der Waals surface area contributed by atoms with Crippen molar-refractivity contribution in [3.05, 3.63) is 95.0 Å². The summed E-state index contributed by atoms with van der Waals surface area (Å²) < 4.78 is 10.9. The van der Waals surface area contributed by atoms with Gasteiger partial charge in [-0.3, -0.25) is 4.79 Å². The molecule has 0 aliphatic rings. The minimum atomic E-state index is -0.446. The van der Waals surface area contributed by atoms with Crippen LogP contribution in [0.15, 0.2) is 76.9 Å². The maximum absolute atomic E-state index is 12.2. The monoisotopic (exact) mass is 372 g/mol. The summed E-state index contributed by atoms with van der Waals surface area (Å²) in [6.07, 6.45) is 3.08. The van der Waals surface area contributed by atoms with E-state index in [0.717, 1.165) is 16.9 Å². The SMILES string of the molecule is Cc1cccc(COc2ccc(/C=C(\C#N)C(=O)NCc3ccco3)cc2)c1. The first-order valence-electron chi connectivity index (χ1n) is 8.85. The molecule has 5 nitrogen and oxygen atoms in total. The van der Waals surface area contributed by atoms with Gasteiger partial charge in [0.25, 0.3) is 5.91 Å². The van der Waals surface area contributed by atoms with Crippen LogP contribution in [0.2, 0.25) is 0 Å². The van der Waals surface area contributed by atoms with Gasteiger partial charge in [-0.05, 0) is 48.4 Å². The van der Waals surface area contributed by atoms with Gasteiger partial charge >= 0.3 is 0 Å². The van der Waals surface area contributed by atoms with E-state index in [9.17, 15) is 10.1 Å². The maximum Gasteiger partial charge on any atom is 0.262 e. The van der Waals surface area contributed by atoms with Crippen molar-refractivity contribution in [1.29, 1.82) is 5.26 Å². The van der Waals surface area contributed by atoms with E-state index in [2.05, 4.69) is 11.4 Å². The quantitative estimate of drug-likeness (QED) is 0.493. The third-order valence-corrected chi connectivity index (χ3v) is 4.05. The van der Waals surface area contributed by atoms with Crippen LogP contribution >= 0.6 is 0 Å². The second-order valence-corrected chi connectivity index (χ2v) is 6.28. The molecule has 0 unspecified atom stereocenters. The van der Waals surface area contributed by atoms with Crippen molar-refractivity contribution in [2.45, 2.75) is 20.1 Å². The lowest BCUT2D eigenvalue weighted by atomic mass is 10.1. The number of nitriles is 1. The molecule has 0 bridgehead atoms. The fourth-order valence-electron chi connectivity index (χ4n) is 2.62. The summed E-state index contributed by atoms with van der Waals surface area (Å²) in [5.41, 5.74) is 3.06. The molecular formula is C23H20N2O3. The van der Waals surface area contributed by atoms with Gasteiger partial charge < -0.3 is 14.5 Å². The second kappa shape index (κ2) is 9.24. The van der Waals surface area contributed by atoms with Crippen LogP contribution in [0.3, 0.4) is 0 Å². The van der Waals surface area contributed by atoms with E-state index in [4.69, 9.17) is 9.15 Å². The molecule has 0 atom stereocenters. The Morgan fingerprint density at radius 3 is 2.68 bits per heavy atom. The minimum absolute atomic E-state index is 0.0278. The highest BCUT2D eigenvalue weighted by molar-refractivity contribution is 6.01. The van der Waals surface area contributed by atoms with Gasteiger partial charge in [-0.1, -0.05) is 42.0 Å². The third-order valence-electron chi connectivity index (χ3n) is 4.05. The number of hydrogen-bond donors (Lipinski definition) is 1. The molecule has 1 heterocycles. The second-order valence-electron chi connectivity index (χ2n) is 6.28. The van der Waals surface area contributed by atoms with Gasteiger partial charge in [-0.2, -0.15) is 5.26 Å². The van der Waals surface area contributed by atoms with E-state index in [-0.39, 0.29) is 12.1 Å². The molecule has 2 aromatic carbocycles. The Labute approximate surface area is 163 Å². The topological polar surface area (TPSA) is 75.3 Å². The number of amides is 1. The number of benzene rings is 2. The van der Waals surface area contributed by atoms with Crippen LogP contribution in [0.4, 0.5) is 0 Å². The van der Waals surface area contributed by atoms with Gasteiger partial charge in [0, 0.05) is 0 Å². The lowest BCUT2D eigenvalue weighted by Gasteiger charge is -2.07. The number of ether oxygens (including phenoxy) is 1. The van der Waals surface area contributed by atoms with Gasteiger partial charge in [0.05, 0.1) is 12.8 Å². The molecule has 0 aliphatic carbocycles. The van der Waals surface area contributed by atoms with Crippen molar-refractivity contribution >= 4 is 12.0 Å². The fraction of sp³-hybridized carbons (Fsp3) is 0.130. The van der Waals surface area contributed by atoms with E-state index in [0.29, 0.717) is 12.4 Å². The molecule has 5 heteroatoms. The van der Waals surface area contributed by atoms with E-state index >= 15 is 0 Å². The first kappa shape index (κ1) is 19.0. The smallest absolute Gasteiger partial charge is 0.262 e. The van der Waals surface area contributed by atoms with Crippen molar-refractivity contribution in [3.63, 3.8) is 0 Å². The maximum atomic E-state index is 12.2. The molecule has 0 spiro atoms. The number of carbonyl (C=O) groups excluding carboxylic acids is 1. The number of furan rings is 1. The van der Waals surface area contributed by atoms with Crippen molar-refractivity contribution < 1.29 is 13.9 Å². The van der Waals surface area contributed by atoms with Crippen molar-refractivity contribution in [2.75, 3.05) is 0 Å². The Balaban J connectivity index is 1.59. The molecule has 1 aromatic heterocycles. The summed E-state index contributed by atoms with van der Waals surface area (Å²) >= 11 is 0. The molecule has 0 aliphatic heterocycles. The summed E-state index contributed by atoms with van der Waals surface area (Å²) in [4.78, 5) is 12.2. The summed E-state index contributed by atoms with van der Waals surface area (Å²) in [5.74, 6) is 0.902. The van der Waals surface area contributed by atoms with Crippen LogP contribution in [0.1, 0.15) is 22.5 Å². The molecule has 0 saturated heterocycles. The number of rotatable bonds is 7. The molecule has 0 saturated carbocycles. The van der Waals surface area contributed by atoms with Crippen molar-refractivity contribution in [2.24, 2.45) is 0 Å². The van der Waals surface area contributed by atoms with Gasteiger partial charge in [0.15, 0.2) is 0 Å². The number of nitrogens with zero attached hydrogens (tertiary/aromatic N) is 1. The van der Waals surface area contributed by atoms with Gasteiger partial charge in [0.1, 0.15) is 29.8 Å². The van der Waals surface area contributed by atoms with Gasteiger partial charge in [-0.15, -0.1) is 0 Å². The first-order valence-corrected chi connectivity index (χ1v) is 8.85. The highest BCUT2D eigenvalue weighted by Crippen LogP contribution is 2.16. The molecule has 1 N–H and O–H groups in total. The average Bonchev–Trinajstić information content (AvgIpc) is 3.23. The van der Waals surface area contributed by atoms with E-state index < -0.39 is 5.91 Å². The lowest BCUT2D eigenvalue weighted by molar-refractivity contribution is -0.117. The Kier molecular flexibility index (Phi) is 6.27. The highest BCUT2D eigenvalue weighted by atomic mass is 16.5. The number of nitrogens with one attached hydrogen (secondary N) is 1. The predicted octanol–water partition coefficient (Wildman–Crippen LogP) is 4.39. The Hall–Kier alpha value is -3.78. The molecule has 0 fully saturated rings. The van der Waals surface area contributed by atoms with E-state index in [1.54, 1.807) is 18.2 Å². The normalized spacial score (nSPS) is 10.9. The van der Waals surface area contributed by atoms with Gasteiger partial charge in [-0.25, -0.2) is 0 Å². The predicted molar refractivity (Wildman–Crippen MR) is 106 cm³/mol. The lowest BCUT2D eigenvalue weighted by Crippen LogP contribution is -2.23. The number of carbonyl (C=O) groups is 1. The molecular weight excluding hydrogens is 352 g/mol. The van der Waals surface area contributed by atoms with Crippen LogP contribution in [0.25, 0.3) is 6.08 Å². The summed E-state index contributed by atoms with van der Waals surface area (Å²) in [6.45, 7) is 2.76. The zero-order valence-electron chi connectivity index (χ0n) is 15.5. The number of aryl methyl sites for hydroxylation is 1. The van der Waals surface area contributed by atoms with Crippen LogP contribution in [-0.4, -0.2) is 5.91 Å². The molecule has 1 amide bonds. The summed E-state index contributed by atoms with van der Waals surface area (Å²) in [7, 11) is 0. The Morgan fingerprint density at radius 1 is 1.18 bits per heavy atom. The first-order chi connectivity index (χ1) is 13.6. The fourth-order valence-corrected chi connectivity index (χ4v) is 2.62. The zero-order chi connectivity index (χ0) is 19.8. The Morgan fingerprint density at radius 2 is 2.00 bits per heavy atom. The summed E-state index contributed by atoms with van der Waals surface area (Å²) in [6, 6.07) is 20.8. The van der Waals surface area contributed by atoms with E-state index in [1.807, 2.05) is 55.5 Å². The molecule has 28 heavy (non-hydrogen) atoms. The van der Waals surface area contributed by atoms with Crippen LogP contribution in [0.5, 0.6) is 5.75 Å². The molecule has 3 rings (SSSR count). The Bertz CT molecular complexity index is 997. The molecule has 0 radical (unpaired) electrons.